The van der Waals surface area contributed by atoms with Gasteiger partial charge in [0.25, 0.3) is 0 Å². The lowest BCUT2D eigenvalue weighted by Crippen LogP contribution is -1.95. The van der Waals surface area contributed by atoms with Gasteiger partial charge in [0, 0.05) is 5.92 Å². The van der Waals surface area contributed by atoms with Crippen molar-refractivity contribution in [1.29, 1.82) is 0 Å². The molecule has 2 atom stereocenters. The van der Waals surface area contributed by atoms with Gasteiger partial charge >= 0.3 is 0 Å². The van der Waals surface area contributed by atoms with E-state index in [2.05, 4.69) is 16.9 Å². The number of nitrogens with one attached hydrogen (secondary N) is 1. The maximum absolute atomic E-state index is 9.06. The van der Waals surface area contributed by atoms with Gasteiger partial charge < -0.3 is 10.1 Å². The van der Waals surface area contributed by atoms with Crippen LogP contribution in [0, 0.1) is 5.92 Å². The molecule has 2 unspecified atom stereocenters. The van der Waals surface area contributed by atoms with Crippen molar-refractivity contribution in [2.75, 3.05) is 0 Å². The Balaban J connectivity index is 2.11. The van der Waals surface area contributed by atoms with Crippen molar-refractivity contribution < 1.29 is 5.11 Å². The van der Waals surface area contributed by atoms with Crippen molar-refractivity contribution in [2.45, 2.75) is 32.1 Å². The molecule has 1 aliphatic carbocycles. The first-order valence-corrected chi connectivity index (χ1v) is 4.49. The van der Waals surface area contributed by atoms with E-state index in [1.807, 2.05) is 0 Å². The number of aromatic amines is 1. The summed E-state index contributed by atoms with van der Waals surface area (Å²) in [4.78, 5) is 7.01. The number of hydrogen-bond donors (Lipinski definition) is 2. The van der Waals surface area contributed by atoms with Gasteiger partial charge in [-0.3, -0.25) is 0 Å². The summed E-state index contributed by atoms with van der Waals surface area (Å²) in [5.74, 6) is 2.49. The van der Waals surface area contributed by atoms with Crippen molar-refractivity contribution >= 4 is 0 Å². The lowest BCUT2D eigenvalue weighted by molar-refractivity contribution is 0.453. The first kappa shape index (κ1) is 7.65. The average Bonchev–Trinajstić information content (AvgIpc) is 2.58. The molecule has 0 aliphatic heterocycles. The molecule has 1 aromatic rings. The highest BCUT2D eigenvalue weighted by molar-refractivity contribution is 5.09. The fraction of sp³-hybridized carbons (Fsp3) is 0.667. The van der Waals surface area contributed by atoms with Crippen LogP contribution in [0.25, 0.3) is 0 Å². The zero-order valence-corrected chi connectivity index (χ0v) is 7.25. The second-order valence-electron chi connectivity index (χ2n) is 3.77. The lowest BCUT2D eigenvalue weighted by Gasteiger charge is -2.04. The Kier molecular flexibility index (Phi) is 1.79. The van der Waals surface area contributed by atoms with Crippen LogP contribution in [0.5, 0.6) is 5.88 Å². The van der Waals surface area contributed by atoms with E-state index in [4.69, 9.17) is 5.11 Å². The molecule has 1 saturated carbocycles. The molecule has 1 fully saturated rings. The molecule has 3 heteroatoms. The Morgan fingerprint density at radius 2 is 2.42 bits per heavy atom. The Morgan fingerprint density at radius 3 is 2.92 bits per heavy atom. The molecule has 1 aliphatic rings. The molecule has 0 spiro atoms. The Labute approximate surface area is 71.8 Å². The number of rotatable bonds is 1. The Bertz CT molecular complexity index is 269. The molecule has 2 rings (SSSR count). The van der Waals surface area contributed by atoms with Gasteiger partial charge in [0.15, 0.2) is 0 Å². The summed E-state index contributed by atoms with van der Waals surface area (Å²) in [6, 6.07) is 0. The largest absolute Gasteiger partial charge is 0.493 e. The average molecular weight is 166 g/mol. The van der Waals surface area contributed by atoms with E-state index in [1.165, 1.54) is 25.5 Å². The van der Waals surface area contributed by atoms with Crippen LogP contribution in [0.3, 0.4) is 0 Å². The molecule has 3 nitrogen and oxygen atoms in total. The normalized spacial score (nSPS) is 29.4. The van der Waals surface area contributed by atoms with Gasteiger partial charge in [0.2, 0.25) is 5.88 Å². The molecule has 0 saturated heterocycles. The van der Waals surface area contributed by atoms with Crippen LogP contribution in [0.4, 0.5) is 0 Å². The summed E-state index contributed by atoms with van der Waals surface area (Å²) in [5.41, 5.74) is 0. The summed E-state index contributed by atoms with van der Waals surface area (Å²) in [5, 5.41) is 9.06. The van der Waals surface area contributed by atoms with Crippen molar-refractivity contribution in [2.24, 2.45) is 5.92 Å². The molecular weight excluding hydrogens is 152 g/mol. The van der Waals surface area contributed by atoms with Crippen molar-refractivity contribution in [1.82, 2.24) is 9.97 Å². The molecule has 66 valence electrons. The van der Waals surface area contributed by atoms with Gasteiger partial charge in [-0.05, 0) is 25.2 Å². The van der Waals surface area contributed by atoms with Gasteiger partial charge in [-0.25, -0.2) is 4.98 Å². The number of aromatic nitrogens is 2. The highest BCUT2D eigenvalue weighted by atomic mass is 16.3. The first-order valence-electron chi connectivity index (χ1n) is 4.49. The molecule has 2 N–H and O–H groups in total. The van der Waals surface area contributed by atoms with E-state index in [1.54, 1.807) is 0 Å². The minimum absolute atomic E-state index is 0.185. The molecular formula is C9H14N2O. The maximum atomic E-state index is 9.06. The third-order valence-corrected chi connectivity index (χ3v) is 2.66. The lowest BCUT2D eigenvalue weighted by atomic mass is 10.1. The molecule has 12 heavy (non-hydrogen) atoms. The number of H-pyrrole nitrogens is 1. The Morgan fingerprint density at radius 1 is 1.58 bits per heavy atom. The fourth-order valence-corrected chi connectivity index (χ4v) is 1.99. The standard InChI is InChI=1S/C9H14N2O/c1-6-2-3-7(4-6)9-10-5-8(12)11-9/h5-7,12H,2-4H2,1H3,(H,10,11). The third-order valence-electron chi connectivity index (χ3n) is 2.66. The smallest absolute Gasteiger partial charge is 0.208 e. The van der Waals surface area contributed by atoms with Gasteiger partial charge in [-0.1, -0.05) is 6.92 Å². The van der Waals surface area contributed by atoms with Gasteiger partial charge in [0.1, 0.15) is 5.82 Å². The zero-order chi connectivity index (χ0) is 8.55. The van der Waals surface area contributed by atoms with Gasteiger partial charge in [-0.15, -0.1) is 0 Å². The summed E-state index contributed by atoms with van der Waals surface area (Å²) in [7, 11) is 0. The highest BCUT2D eigenvalue weighted by Gasteiger charge is 2.24. The van der Waals surface area contributed by atoms with Crippen molar-refractivity contribution in [3.8, 4) is 5.88 Å². The zero-order valence-electron chi connectivity index (χ0n) is 7.25. The van der Waals surface area contributed by atoms with Crippen LogP contribution in [-0.4, -0.2) is 15.1 Å². The van der Waals surface area contributed by atoms with Crippen molar-refractivity contribution in [3.05, 3.63) is 12.0 Å². The van der Waals surface area contributed by atoms with Crippen LogP contribution < -0.4 is 0 Å². The molecule has 1 aromatic heterocycles. The van der Waals surface area contributed by atoms with Crippen LogP contribution in [-0.2, 0) is 0 Å². The molecule has 0 radical (unpaired) electrons. The first-order chi connectivity index (χ1) is 5.75. The third kappa shape index (κ3) is 1.31. The van der Waals surface area contributed by atoms with E-state index >= 15 is 0 Å². The Hall–Kier alpha value is -0.990. The molecule has 1 heterocycles. The highest BCUT2D eigenvalue weighted by Crippen LogP contribution is 2.36. The monoisotopic (exact) mass is 166 g/mol. The molecule has 0 amide bonds. The number of nitrogens with zero attached hydrogens (tertiary/aromatic N) is 1. The van der Waals surface area contributed by atoms with Crippen LogP contribution in [0.1, 0.15) is 37.9 Å². The summed E-state index contributed by atoms with van der Waals surface area (Å²) in [6.45, 7) is 2.27. The topological polar surface area (TPSA) is 48.9 Å². The molecule has 0 aromatic carbocycles. The summed E-state index contributed by atoms with van der Waals surface area (Å²) >= 11 is 0. The predicted octanol–water partition coefficient (Wildman–Crippen LogP) is 2.02. The maximum Gasteiger partial charge on any atom is 0.208 e. The summed E-state index contributed by atoms with van der Waals surface area (Å²) in [6.07, 6.45) is 5.17. The van der Waals surface area contributed by atoms with Crippen LogP contribution >= 0.6 is 0 Å². The molecule has 0 bridgehead atoms. The SMILES string of the molecule is CC1CCC(c2ncc(O)[nH]2)C1. The minimum Gasteiger partial charge on any atom is -0.493 e. The fourth-order valence-electron chi connectivity index (χ4n) is 1.99. The van der Waals surface area contributed by atoms with E-state index in [-0.39, 0.29) is 5.88 Å². The van der Waals surface area contributed by atoms with Crippen LogP contribution in [0.15, 0.2) is 6.20 Å². The van der Waals surface area contributed by atoms with E-state index in [9.17, 15) is 0 Å². The van der Waals surface area contributed by atoms with Crippen LogP contribution in [0.2, 0.25) is 0 Å². The van der Waals surface area contributed by atoms with E-state index < -0.39 is 0 Å². The number of hydrogen-bond acceptors (Lipinski definition) is 2. The number of imidazole rings is 1. The van der Waals surface area contributed by atoms with E-state index in [0.29, 0.717) is 5.92 Å². The second-order valence-corrected chi connectivity index (χ2v) is 3.77. The minimum atomic E-state index is 0.185. The van der Waals surface area contributed by atoms with Crippen molar-refractivity contribution in [3.63, 3.8) is 0 Å². The number of aromatic hydroxyl groups is 1. The summed E-state index contributed by atoms with van der Waals surface area (Å²) < 4.78 is 0. The second kappa shape index (κ2) is 2.81. The van der Waals surface area contributed by atoms with Gasteiger partial charge in [-0.2, -0.15) is 0 Å². The predicted molar refractivity (Wildman–Crippen MR) is 46.0 cm³/mol. The van der Waals surface area contributed by atoms with Gasteiger partial charge in [0.05, 0.1) is 6.20 Å². The quantitative estimate of drug-likeness (QED) is 0.670. The van der Waals surface area contributed by atoms with E-state index in [0.717, 1.165) is 11.7 Å².